The van der Waals surface area contributed by atoms with Gasteiger partial charge in [0.1, 0.15) is 5.41 Å². The highest BCUT2D eigenvalue weighted by Gasteiger charge is 2.35. The third kappa shape index (κ3) is 3.03. The summed E-state index contributed by atoms with van der Waals surface area (Å²) >= 11 is 0. The van der Waals surface area contributed by atoms with Crippen LogP contribution in [0.4, 0.5) is 0 Å². The first kappa shape index (κ1) is 16.2. The maximum absolute atomic E-state index is 12.4. The van der Waals surface area contributed by atoms with Gasteiger partial charge in [0.05, 0.1) is 13.2 Å². The van der Waals surface area contributed by atoms with E-state index in [4.69, 9.17) is 4.74 Å². The zero-order valence-corrected chi connectivity index (χ0v) is 13.4. The summed E-state index contributed by atoms with van der Waals surface area (Å²) in [4.78, 5) is 24.2. The highest BCUT2D eigenvalue weighted by Crippen LogP contribution is 2.24. The molecule has 2 N–H and O–H groups in total. The number of amides is 1. The standard InChI is InChI=1S/C19H19NO4/c1-19(18(22)23,16-5-3-2-4-6-16)12-20-17(21)13-7-8-14-10-24-11-15(14)9-13/h2-9H,10-12H2,1H3,(H,20,21)(H,22,23). The summed E-state index contributed by atoms with van der Waals surface area (Å²) in [6.07, 6.45) is 0. The Bertz CT molecular complexity index is 772. The molecule has 1 heterocycles. The molecule has 1 aliphatic rings. The number of fused-ring (bicyclic) bond motifs is 1. The van der Waals surface area contributed by atoms with Crippen LogP contribution in [0.1, 0.15) is 34.0 Å². The molecule has 124 valence electrons. The molecule has 5 heteroatoms. The van der Waals surface area contributed by atoms with Crippen LogP contribution in [0.15, 0.2) is 48.5 Å². The van der Waals surface area contributed by atoms with E-state index in [-0.39, 0.29) is 12.5 Å². The second-order valence-corrected chi connectivity index (χ2v) is 6.16. The van der Waals surface area contributed by atoms with Gasteiger partial charge >= 0.3 is 5.97 Å². The molecule has 2 aromatic rings. The third-order valence-corrected chi connectivity index (χ3v) is 4.47. The Kier molecular flexibility index (Phi) is 4.36. The highest BCUT2D eigenvalue weighted by molar-refractivity contribution is 5.95. The summed E-state index contributed by atoms with van der Waals surface area (Å²) in [5, 5.41) is 12.4. The number of ether oxygens (including phenoxy) is 1. The lowest BCUT2D eigenvalue weighted by atomic mass is 9.82. The Morgan fingerprint density at radius 1 is 1.12 bits per heavy atom. The van der Waals surface area contributed by atoms with Crippen molar-refractivity contribution in [3.63, 3.8) is 0 Å². The fourth-order valence-electron chi connectivity index (χ4n) is 2.78. The van der Waals surface area contributed by atoms with Crippen LogP contribution < -0.4 is 5.32 Å². The van der Waals surface area contributed by atoms with Gasteiger partial charge in [-0.1, -0.05) is 36.4 Å². The smallest absolute Gasteiger partial charge is 0.315 e. The number of nitrogens with one attached hydrogen (secondary N) is 1. The first-order valence-electron chi connectivity index (χ1n) is 7.77. The zero-order valence-electron chi connectivity index (χ0n) is 13.4. The summed E-state index contributed by atoms with van der Waals surface area (Å²) < 4.78 is 5.34. The minimum Gasteiger partial charge on any atom is -0.481 e. The van der Waals surface area contributed by atoms with Crippen molar-refractivity contribution in [3.05, 3.63) is 70.8 Å². The summed E-state index contributed by atoms with van der Waals surface area (Å²) in [5.41, 5.74) is 2.08. The molecule has 1 amide bonds. The van der Waals surface area contributed by atoms with Gasteiger partial charge in [0.2, 0.25) is 0 Å². The number of rotatable bonds is 5. The van der Waals surface area contributed by atoms with Crippen molar-refractivity contribution in [1.29, 1.82) is 0 Å². The Balaban J connectivity index is 1.75. The fourth-order valence-corrected chi connectivity index (χ4v) is 2.78. The van der Waals surface area contributed by atoms with Crippen LogP contribution in [0, 0.1) is 0 Å². The average Bonchev–Trinajstić information content (AvgIpc) is 3.07. The Labute approximate surface area is 140 Å². The molecule has 5 nitrogen and oxygen atoms in total. The van der Waals surface area contributed by atoms with E-state index in [0.29, 0.717) is 24.3 Å². The second-order valence-electron chi connectivity index (χ2n) is 6.16. The molecule has 1 unspecified atom stereocenters. The summed E-state index contributed by atoms with van der Waals surface area (Å²) in [6.45, 7) is 2.70. The summed E-state index contributed by atoms with van der Waals surface area (Å²) in [7, 11) is 0. The van der Waals surface area contributed by atoms with Gasteiger partial charge in [-0.05, 0) is 35.7 Å². The Morgan fingerprint density at radius 3 is 2.54 bits per heavy atom. The number of carboxylic acids is 1. The molecule has 0 saturated heterocycles. The second kappa shape index (κ2) is 6.45. The van der Waals surface area contributed by atoms with Crippen molar-refractivity contribution in [2.75, 3.05) is 6.54 Å². The topological polar surface area (TPSA) is 75.6 Å². The van der Waals surface area contributed by atoms with Crippen molar-refractivity contribution in [3.8, 4) is 0 Å². The van der Waals surface area contributed by atoms with Crippen LogP contribution >= 0.6 is 0 Å². The van der Waals surface area contributed by atoms with Gasteiger partial charge in [-0.15, -0.1) is 0 Å². The van der Waals surface area contributed by atoms with E-state index in [1.54, 1.807) is 43.3 Å². The Hall–Kier alpha value is -2.66. The van der Waals surface area contributed by atoms with E-state index >= 15 is 0 Å². The van der Waals surface area contributed by atoms with Gasteiger partial charge in [-0.2, -0.15) is 0 Å². The predicted octanol–water partition coefficient (Wildman–Crippen LogP) is 2.49. The quantitative estimate of drug-likeness (QED) is 0.885. The van der Waals surface area contributed by atoms with E-state index in [1.807, 2.05) is 12.1 Å². The minimum absolute atomic E-state index is 0.0127. The molecule has 2 aromatic carbocycles. The first-order chi connectivity index (χ1) is 11.5. The van der Waals surface area contributed by atoms with E-state index in [1.165, 1.54) is 0 Å². The minimum atomic E-state index is -1.18. The summed E-state index contributed by atoms with van der Waals surface area (Å²) in [6, 6.07) is 14.3. The number of hydrogen-bond donors (Lipinski definition) is 2. The SMILES string of the molecule is CC(CNC(=O)c1ccc2c(c1)COC2)(C(=O)O)c1ccccc1. The van der Waals surface area contributed by atoms with Crippen molar-refractivity contribution in [2.45, 2.75) is 25.6 Å². The van der Waals surface area contributed by atoms with Gasteiger partial charge in [0, 0.05) is 12.1 Å². The van der Waals surface area contributed by atoms with Crippen LogP contribution in [0.2, 0.25) is 0 Å². The normalized spacial score (nSPS) is 15.4. The maximum atomic E-state index is 12.4. The highest BCUT2D eigenvalue weighted by atomic mass is 16.5. The lowest BCUT2D eigenvalue weighted by Gasteiger charge is -2.25. The maximum Gasteiger partial charge on any atom is 0.315 e. The monoisotopic (exact) mass is 325 g/mol. The van der Waals surface area contributed by atoms with Gasteiger partial charge in [-0.25, -0.2) is 0 Å². The van der Waals surface area contributed by atoms with Gasteiger partial charge in [-0.3, -0.25) is 9.59 Å². The van der Waals surface area contributed by atoms with Crippen molar-refractivity contribution < 1.29 is 19.4 Å². The molecule has 3 rings (SSSR count). The average molecular weight is 325 g/mol. The van der Waals surface area contributed by atoms with Crippen molar-refractivity contribution in [2.24, 2.45) is 0 Å². The lowest BCUT2D eigenvalue weighted by Crippen LogP contribution is -2.44. The Morgan fingerprint density at radius 2 is 1.83 bits per heavy atom. The molecular formula is C19H19NO4. The third-order valence-electron chi connectivity index (χ3n) is 4.47. The van der Waals surface area contributed by atoms with Gasteiger partial charge < -0.3 is 15.2 Å². The van der Waals surface area contributed by atoms with E-state index < -0.39 is 11.4 Å². The first-order valence-corrected chi connectivity index (χ1v) is 7.77. The van der Waals surface area contributed by atoms with E-state index in [9.17, 15) is 14.7 Å². The van der Waals surface area contributed by atoms with Crippen molar-refractivity contribution in [1.82, 2.24) is 5.32 Å². The molecule has 0 saturated carbocycles. The van der Waals surface area contributed by atoms with Gasteiger partial charge in [0.25, 0.3) is 5.91 Å². The van der Waals surface area contributed by atoms with Crippen LogP contribution in [0.25, 0.3) is 0 Å². The molecule has 0 aromatic heterocycles. The molecular weight excluding hydrogens is 306 g/mol. The number of carbonyl (C=O) groups excluding carboxylic acids is 1. The largest absolute Gasteiger partial charge is 0.481 e. The molecule has 1 atom stereocenters. The molecule has 24 heavy (non-hydrogen) atoms. The predicted molar refractivity (Wildman–Crippen MR) is 88.7 cm³/mol. The number of carbonyl (C=O) groups is 2. The zero-order chi connectivity index (χ0) is 17.2. The molecule has 1 aliphatic heterocycles. The molecule has 0 fully saturated rings. The van der Waals surface area contributed by atoms with Crippen molar-refractivity contribution >= 4 is 11.9 Å². The number of carboxylic acid groups (broad SMARTS) is 1. The molecule has 0 bridgehead atoms. The number of benzene rings is 2. The summed E-state index contributed by atoms with van der Waals surface area (Å²) in [5.74, 6) is -1.26. The van der Waals surface area contributed by atoms with E-state index in [2.05, 4.69) is 5.32 Å². The number of aliphatic carboxylic acids is 1. The number of hydrogen-bond acceptors (Lipinski definition) is 3. The van der Waals surface area contributed by atoms with Crippen LogP contribution in [0.5, 0.6) is 0 Å². The van der Waals surface area contributed by atoms with Crippen LogP contribution in [-0.2, 0) is 28.2 Å². The van der Waals surface area contributed by atoms with Gasteiger partial charge in [0.15, 0.2) is 0 Å². The van der Waals surface area contributed by atoms with Crippen LogP contribution in [0.3, 0.4) is 0 Å². The van der Waals surface area contributed by atoms with Crippen LogP contribution in [-0.4, -0.2) is 23.5 Å². The van der Waals surface area contributed by atoms with E-state index in [0.717, 1.165) is 11.1 Å². The molecule has 0 aliphatic carbocycles. The molecule has 0 spiro atoms. The fraction of sp³-hybridized carbons (Fsp3) is 0.263. The lowest BCUT2D eigenvalue weighted by molar-refractivity contribution is -0.142. The molecule has 0 radical (unpaired) electrons.